The molecule has 2 N–H and O–H groups in total. The van der Waals surface area contributed by atoms with Gasteiger partial charge in [0.1, 0.15) is 5.03 Å². The Hall–Kier alpha value is -3.46. The third-order valence-electron chi connectivity index (χ3n) is 6.15. The molecule has 7 nitrogen and oxygen atoms in total. The molecule has 0 spiro atoms. The fourth-order valence-corrected chi connectivity index (χ4v) is 5.05. The zero-order chi connectivity index (χ0) is 25.9. The highest BCUT2D eigenvalue weighted by Gasteiger charge is 2.28. The highest BCUT2D eigenvalue weighted by atomic mass is 35.5. The van der Waals surface area contributed by atoms with E-state index in [9.17, 15) is 9.90 Å². The molecule has 1 aliphatic heterocycles. The summed E-state index contributed by atoms with van der Waals surface area (Å²) < 4.78 is 6.24. The molecule has 37 heavy (non-hydrogen) atoms. The van der Waals surface area contributed by atoms with Gasteiger partial charge in [0.2, 0.25) is 11.8 Å². The molecule has 0 atom stereocenters. The van der Waals surface area contributed by atoms with Crippen LogP contribution in [0.2, 0.25) is 5.02 Å². The summed E-state index contributed by atoms with van der Waals surface area (Å²) >= 11 is 7.40. The number of ether oxygens (including phenoxy) is 1. The van der Waals surface area contributed by atoms with Crippen LogP contribution in [0.5, 0.6) is 11.6 Å². The number of hydrogen-bond donors (Lipinski definition) is 2. The van der Waals surface area contributed by atoms with E-state index >= 15 is 0 Å². The Bertz CT molecular complexity index is 1460. The molecule has 1 amide bonds. The fourth-order valence-electron chi connectivity index (χ4n) is 4.10. The monoisotopic (exact) mass is 532 g/mol. The first-order valence-corrected chi connectivity index (χ1v) is 13.3. The van der Waals surface area contributed by atoms with Crippen molar-refractivity contribution < 1.29 is 14.6 Å². The van der Waals surface area contributed by atoms with E-state index in [2.05, 4.69) is 17.2 Å². The number of rotatable bonds is 7. The third kappa shape index (κ3) is 5.46. The van der Waals surface area contributed by atoms with E-state index in [0.29, 0.717) is 45.2 Å². The number of anilines is 1. The number of aryl methyl sites for hydroxylation is 2. The van der Waals surface area contributed by atoms with Crippen molar-refractivity contribution in [3.05, 3.63) is 87.7 Å². The second-order valence-corrected chi connectivity index (χ2v) is 10.0. The number of aliphatic hydroxyl groups is 1. The highest BCUT2D eigenvalue weighted by Crippen LogP contribution is 2.42. The molecular formula is C28H25ClN4O3S. The van der Waals surface area contributed by atoms with Crippen molar-refractivity contribution in [2.45, 2.75) is 38.3 Å². The largest absolute Gasteiger partial charge is 0.436 e. The first-order chi connectivity index (χ1) is 17.9. The van der Waals surface area contributed by atoms with Crippen LogP contribution in [-0.4, -0.2) is 31.7 Å². The van der Waals surface area contributed by atoms with Gasteiger partial charge < -0.3 is 15.2 Å². The molecule has 9 heteroatoms. The molecule has 0 aliphatic carbocycles. The van der Waals surface area contributed by atoms with Gasteiger partial charge in [0.15, 0.2) is 11.6 Å². The van der Waals surface area contributed by atoms with Crippen LogP contribution in [0, 0.1) is 6.92 Å². The maximum Gasteiger partial charge on any atom is 0.234 e. The predicted octanol–water partition coefficient (Wildman–Crippen LogP) is 5.98. The van der Waals surface area contributed by atoms with Crippen molar-refractivity contribution in [2.75, 3.05) is 11.1 Å². The quantitative estimate of drug-likeness (QED) is 0.196. The number of aromatic nitrogens is 3. The number of nitrogens with zero attached hydrogens (tertiary/aromatic N) is 3. The van der Waals surface area contributed by atoms with Gasteiger partial charge in [-0.25, -0.2) is 4.98 Å². The summed E-state index contributed by atoms with van der Waals surface area (Å²) in [5.74, 6) is 1.52. The first-order valence-electron chi connectivity index (χ1n) is 11.9. The van der Waals surface area contributed by atoms with Gasteiger partial charge in [-0.2, -0.15) is 4.98 Å². The third-order valence-corrected chi connectivity index (χ3v) is 7.42. The van der Waals surface area contributed by atoms with Crippen molar-refractivity contribution in [3.8, 4) is 23.0 Å². The number of thioether (sulfide) groups is 1. The normalized spacial score (nSPS) is 11.9. The average molecular weight is 533 g/mol. The van der Waals surface area contributed by atoms with Crippen LogP contribution >= 0.6 is 23.4 Å². The Balaban J connectivity index is 1.46. The van der Waals surface area contributed by atoms with Crippen LogP contribution in [0.15, 0.2) is 59.8 Å². The van der Waals surface area contributed by atoms with Crippen molar-refractivity contribution >= 4 is 35.0 Å². The molecule has 0 radical (unpaired) electrons. The van der Waals surface area contributed by atoms with Gasteiger partial charge in [-0.3, -0.25) is 9.78 Å². The van der Waals surface area contributed by atoms with Gasteiger partial charge >= 0.3 is 0 Å². The van der Waals surface area contributed by atoms with Crippen LogP contribution in [0.3, 0.4) is 0 Å². The molecule has 5 rings (SSSR count). The summed E-state index contributed by atoms with van der Waals surface area (Å²) in [7, 11) is 0. The molecular weight excluding hydrogens is 508 g/mol. The SMILES string of the molecule is CCc1ccc(NC(=O)CSc2nc(-c3ccc(Cl)cc3)nc3c2Cc2c(CO)cnc(C)c2O3)cc1. The van der Waals surface area contributed by atoms with Gasteiger partial charge in [0, 0.05) is 40.0 Å². The summed E-state index contributed by atoms with van der Waals surface area (Å²) in [5, 5.41) is 14.1. The van der Waals surface area contributed by atoms with Crippen molar-refractivity contribution in [2.24, 2.45) is 0 Å². The molecule has 0 fully saturated rings. The standard InChI is InChI=1S/C28H25ClN4O3S/c1-3-17-4-10-21(11-5-17)31-24(35)15-37-28-23-12-22-19(14-34)13-30-16(2)25(22)36-27(23)32-26(33-28)18-6-8-20(29)9-7-18/h4-11,13,34H,3,12,14-15H2,1-2H3,(H,31,35). The minimum Gasteiger partial charge on any atom is -0.436 e. The summed E-state index contributed by atoms with van der Waals surface area (Å²) in [6, 6.07) is 15.1. The summed E-state index contributed by atoms with van der Waals surface area (Å²) in [6.45, 7) is 3.80. The van der Waals surface area contributed by atoms with E-state index in [-0.39, 0.29) is 18.3 Å². The van der Waals surface area contributed by atoms with Crippen molar-refractivity contribution in [1.82, 2.24) is 15.0 Å². The predicted molar refractivity (Wildman–Crippen MR) is 145 cm³/mol. The fraction of sp³-hybridized carbons (Fsp3) is 0.214. The minimum atomic E-state index is -0.153. The zero-order valence-electron chi connectivity index (χ0n) is 20.4. The van der Waals surface area contributed by atoms with E-state index in [0.717, 1.165) is 28.8 Å². The Morgan fingerprint density at radius 2 is 1.86 bits per heavy atom. The number of carbonyl (C=O) groups excluding carboxylic acids is 1. The highest BCUT2D eigenvalue weighted by molar-refractivity contribution is 8.00. The number of hydrogen-bond acceptors (Lipinski definition) is 7. The van der Waals surface area contributed by atoms with Crippen molar-refractivity contribution in [1.29, 1.82) is 0 Å². The maximum atomic E-state index is 12.8. The molecule has 0 saturated carbocycles. The topological polar surface area (TPSA) is 97.2 Å². The number of aliphatic hydroxyl groups excluding tert-OH is 1. The first kappa shape index (κ1) is 25.2. The van der Waals surface area contributed by atoms with Gasteiger partial charge in [-0.1, -0.05) is 42.4 Å². The van der Waals surface area contributed by atoms with E-state index in [4.69, 9.17) is 26.3 Å². The Kier molecular flexibility index (Phi) is 7.41. The van der Waals surface area contributed by atoms with E-state index in [1.165, 1.54) is 17.3 Å². The van der Waals surface area contributed by atoms with E-state index in [1.54, 1.807) is 18.3 Å². The smallest absolute Gasteiger partial charge is 0.234 e. The van der Waals surface area contributed by atoms with Gasteiger partial charge in [0.25, 0.3) is 0 Å². The number of pyridine rings is 1. The number of halogens is 1. The molecule has 3 heterocycles. The lowest BCUT2D eigenvalue weighted by atomic mass is 9.99. The van der Waals surface area contributed by atoms with Crippen LogP contribution < -0.4 is 10.1 Å². The number of benzene rings is 2. The summed E-state index contributed by atoms with van der Waals surface area (Å²) in [5.41, 5.74) is 5.78. The Morgan fingerprint density at radius 1 is 1.11 bits per heavy atom. The average Bonchev–Trinajstić information content (AvgIpc) is 2.92. The van der Waals surface area contributed by atoms with Gasteiger partial charge in [-0.05, 0) is 55.3 Å². The minimum absolute atomic E-state index is 0.136. The van der Waals surface area contributed by atoms with Gasteiger partial charge in [0.05, 0.1) is 23.6 Å². The van der Waals surface area contributed by atoms with Crippen LogP contribution in [0.1, 0.15) is 34.9 Å². The second kappa shape index (κ2) is 10.9. The number of nitrogens with one attached hydrogen (secondary N) is 1. The van der Waals surface area contributed by atoms with Gasteiger partial charge in [-0.15, -0.1) is 0 Å². The second-order valence-electron chi connectivity index (χ2n) is 8.64. The molecule has 1 aliphatic rings. The van der Waals surface area contributed by atoms with Crippen LogP contribution in [0.25, 0.3) is 11.4 Å². The Morgan fingerprint density at radius 3 is 2.57 bits per heavy atom. The molecule has 2 aromatic carbocycles. The lowest BCUT2D eigenvalue weighted by Gasteiger charge is -2.24. The van der Waals surface area contributed by atoms with Crippen LogP contribution in [0.4, 0.5) is 5.69 Å². The molecule has 0 saturated heterocycles. The number of fused-ring (bicyclic) bond motifs is 2. The lowest BCUT2D eigenvalue weighted by Crippen LogP contribution is -2.16. The lowest BCUT2D eigenvalue weighted by molar-refractivity contribution is -0.113. The summed E-state index contributed by atoms with van der Waals surface area (Å²) in [4.78, 5) is 26.6. The zero-order valence-corrected chi connectivity index (χ0v) is 22.0. The number of carbonyl (C=O) groups is 1. The molecule has 0 bridgehead atoms. The maximum absolute atomic E-state index is 12.8. The van der Waals surface area contributed by atoms with Crippen molar-refractivity contribution in [3.63, 3.8) is 0 Å². The molecule has 4 aromatic rings. The summed E-state index contributed by atoms with van der Waals surface area (Å²) in [6.07, 6.45) is 3.07. The molecule has 0 unspecified atom stereocenters. The number of amides is 1. The van der Waals surface area contributed by atoms with Crippen LogP contribution in [-0.2, 0) is 24.2 Å². The van der Waals surface area contributed by atoms with E-state index in [1.807, 2.05) is 43.3 Å². The molecule has 188 valence electrons. The molecule has 2 aromatic heterocycles. The van der Waals surface area contributed by atoms with E-state index < -0.39 is 0 Å². The Labute approximate surface area is 224 Å².